The number of rotatable bonds is 6. The van der Waals surface area contributed by atoms with Crippen molar-refractivity contribution in [1.29, 1.82) is 0 Å². The molecule has 0 bridgehead atoms. The number of benzene rings is 1. The molecule has 2 heterocycles. The summed E-state index contributed by atoms with van der Waals surface area (Å²) in [6.45, 7) is 4.14. The van der Waals surface area contributed by atoms with Crippen molar-refractivity contribution in [3.63, 3.8) is 0 Å². The molecule has 3 rings (SSSR count). The highest BCUT2D eigenvalue weighted by atomic mass is 32.2. The lowest BCUT2D eigenvalue weighted by Crippen LogP contribution is -2.33. The zero-order valence-corrected chi connectivity index (χ0v) is 14.3. The molecule has 1 saturated heterocycles. The first-order valence-corrected chi connectivity index (χ1v) is 8.87. The van der Waals surface area contributed by atoms with Crippen LogP contribution >= 0.6 is 0 Å². The second kappa shape index (κ2) is 6.60. The topological polar surface area (TPSA) is 92.5 Å². The van der Waals surface area contributed by atoms with Crippen LogP contribution < -0.4 is 0 Å². The second-order valence-electron chi connectivity index (χ2n) is 5.83. The minimum absolute atomic E-state index is 0.108. The van der Waals surface area contributed by atoms with E-state index in [1.54, 1.807) is 30.1 Å². The van der Waals surface area contributed by atoms with Crippen LogP contribution in [-0.4, -0.2) is 48.3 Å². The molecule has 0 spiro atoms. The van der Waals surface area contributed by atoms with E-state index in [2.05, 4.69) is 10.1 Å². The average molecular weight is 353 g/mol. The van der Waals surface area contributed by atoms with Crippen LogP contribution in [0.4, 0.5) is 0 Å². The Labute approximate surface area is 140 Å². The summed E-state index contributed by atoms with van der Waals surface area (Å²) in [6, 6.07) is 6.48. The molecule has 0 saturated carbocycles. The first kappa shape index (κ1) is 17.0. The summed E-state index contributed by atoms with van der Waals surface area (Å²) in [5, 5.41) is 4.00. The standard InChI is InChI=1S/C15H19N3O5S/c1-12-3-5-14(6-4-12)24(19,20)22-8-13-7-21-15(2,23-13)9-18-11-16-10-17-18/h3-6,10-11,13H,7-9H2,1-2H3. The summed E-state index contributed by atoms with van der Waals surface area (Å²) in [7, 11) is -3.81. The molecule has 1 aromatic heterocycles. The molecule has 2 unspecified atom stereocenters. The average Bonchev–Trinajstić information content (AvgIpc) is 3.16. The quantitative estimate of drug-likeness (QED) is 0.719. The van der Waals surface area contributed by atoms with E-state index in [0.29, 0.717) is 6.54 Å². The Hall–Kier alpha value is -1.81. The summed E-state index contributed by atoms with van der Waals surface area (Å²) in [5.41, 5.74) is 0.977. The van der Waals surface area contributed by atoms with Gasteiger partial charge in [-0.3, -0.25) is 4.18 Å². The number of hydrogen-bond donors (Lipinski definition) is 0. The number of ether oxygens (including phenoxy) is 2. The van der Waals surface area contributed by atoms with Gasteiger partial charge in [-0.1, -0.05) is 17.7 Å². The summed E-state index contributed by atoms with van der Waals surface area (Å²) in [6.07, 6.45) is 2.51. The maximum Gasteiger partial charge on any atom is 0.297 e. The Morgan fingerprint density at radius 2 is 2.12 bits per heavy atom. The van der Waals surface area contributed by atoms with Crippen LogP contribution in [0.2, 0.25) is 0 Å². The molecule has 130 valence electrons. The van der Waals surface area contributed by atoms with Crippen LogP contribution in [0.5, 0.6) is 0 Å². The maximum atomic E-state index is 12.2. The fraction of sp³-hybridized carbons (Fsp3) is 0.467. The van der Waals surface area contributed by atoms with E-state index in [9.17, 15) is 8.42 Å². The maximum absolute atomic E-state index is 12.2. The summed E-state index contributed by atoms with van der Waals surface area (Å²) < 4.78 is 42.4. The largest absolute Gasteiger partial charge is 0.346 e. The van der Waals surface area contributed by atoms with Gasteiger partial charge < -0.3 is 9.47 Å². The van der Waals surface area contributed by atoms with Crippen molar-refractivity contribution < 1.29 is 22.1 Å². The van der Waals surface area contributed by atoms with Gasteiger partial charge in [-0.15, -0.1) is 0 Å². The van der Waals surface area contributed by atoms with E-state index in [0.717, 1.165) is 5.56 Å². The van der Waals surface area contributed by atoms with Crippen molar-refractivity contribution in [2.75, 3.05) is 13.2 Å². The molecule has 2 aromatic rings. The van der Waals surface area contributed by atoms with Gasteiger partial charge in [0.25, 0.3) is 10.1 Å². The predicted octanol–water partition coefficient (Wildman–Crippen LogP) is 1.12. The lowest BCUT2D eigenvalue weighted by Gasteiger charge is -2.22. The monoisotopic (exact) mass is 353 g/mol. The second-order valence-corrected chi connectivity index (χ2v) is 7.44. The molecule has 2 atom stereocenters. The first-order valence-electron chi connectivity index (χ1n) is 7.47. The molecule has 9 heteroatoms. The van der Waals surface area contributed by atoms with Crippen LogP contribution in [0.3, 0.4) is 0 Å². The minimum Gasteiger partial charge on any atom is -0.346 e. The third-order valence-corrected chi connectivity index (χ3v) is 4.92. The highest BCUT2D eigenvalue weighted by molar-refractivity contribution is 7.86. The van der Waals surface area contributed by atoms with Gasteiger partial charge in [0.2, 0.25) is 0 Å². The van der Waals surface area contributed by atoms with E-state index in [4.69, 9.17) is 13.7 Å². The lowest BCUT2D eigenvalue weighted by molar-refractivity contribution is -0.167. The van der Waals surface area contributed by atoms with Crippen LogP contribution in [0, 0.1) is 6.92 Å². The Kier molecular flexibility index (Phi) is 4.68. The SMILES string of the molecule is Cc1ccc(S(=O)(=O)OCC2COC(C)(Cn3cncn3)O2)cc1. The van der Waals surface area contributed by atoms with Crippen molar-refractivity contribution in [3.05, 3.63) is 42.5 Å². The molecule has 0 radical (unpaired) electrons. The Balaban J connectivity index is 1.56. The van der Waals surface area contributed by atoms with Crippen molar-refractivity contribution in [2.24, 2.45) is 0 Å². The third kappa shape index (κ3) is 3.99. The molecular formula is C15H19N3O5S. The van der Waals surface area contributed by atoms with Gasteiger partial charge in [-0.2, -0.15) is 13.5 Å². The van der Waals surface area contributed by atoms with E-state index in [1.807, 2.05) is 6.92 Å². The molecule has 0 aliphatic carbocycles. The Bertz CT molecular complexity index is 776. The smallest absolute Gasteiger partial charge is 0.297 e. The van der Waals surface area contributed by atoms with Gasteiger partial charge in [-0.25, -0.2) is 9.67 Å². The zero-order chi connectivity index (χ0) is 17.2. The van der Waals surface area contributed by atoms with E-state index < -0.39 is 22.0 Å². The molecule has 24 heavy (non-hydrogen) atoms. The van der Waals surface area contributed by atoms with Crippen LogP contribution in [-0.2, 0) is 30.3 Å². The lowest BCUT2D eigenvalue weighted by atomic mass is 10.2. The van der Waals surface area contributed by atoms with Gasteiger partial charge in [0.05, 0.1) is 24.7 Å². The number of hydrogen-bond acceptors (Lipinski definition) is 7. The summed E-state index contributed by atoms with van der Waals surface area (Å²) in [4.78, 5) is 3.98. The van der Waals surface area contributed by atoms with Crippen LogP contribution in [0.15, 0.2) is 41.8 Å². The van der Waals surface area contributed by atoms with Gasteiger partial charge in [0.1, 0.15) is 18.8 Å². The minimum atomic E-state index is -3.81. The van der Waals surface area contributed by atoms with Crippen molar-refractivity contribution in [3.8, 4) is 0 Å². The molecule has 0 N–H and O–H groups in total. The molecule has 0 amide bonds. The van der Waals surface area contributed by atoms with Crippen LogP contribution in [0.25, 0.3) is 0 Å². The molecular weight excluding hydrogens is 334 g/mol. The Morgan fingerprint density at radius 3 is 2.79 bits per heavy atom. The predicted molar refractivity (Wildman–Crippen MR) is 83.6 cm³/mol. The van der Waals surface area contributed by atoms with E-state index >= 15 is 0 Å². The molecule has 1 aromatic carbocycles. The highest BCUT2D eigenvalue weighted by Gasteiger charge is 2.38. The third-order valence-electron chi connectivity index (χ3n) is 3.63. The van der Waals surface area contributed by atoms with Crippen molar-refractivity contribution in [2.45, 2.75) is 37.2 Å². The fourth-order valence-electron chi connectivity index (χ4n) is 2.40. The van der Waals surface area contributed by atoms with Crippen molar-refractivity contribution in [1.82, 2.24) is 14.8 Å². The molecule has 1 aliphatic rings. The number of nitrogens with zero attached hydrogens (tertiary/aromatic N) is 3. The van der Waals surface area contributed by atoms with Crippen LogP contribution in [0.1, 0.15) is 12.5 Å². The van der Waals surface area contributed by atoms with E-state index in [-0.39, 0.29) is 18.1 Å². The molecule has 1 fully saturated rings. The zero-order valence-electron chi connectivity index (χ0n) is 13.5. The highest BCUT2D eigenvalue weighted by Crippen LogP contribution is 2.26. The Morgan fingerprint density at radius 1 is 1.38 bits per heavy atom. The first-order chi connectivity index (χ1) is 11.4. The number of aryl methyl sites for hydroxylation is 1. The normalized spacial score (nSPS) is 24.3. The van der Waals surface area contributed by atoms with Gasteiger partial charge in [0.15, 0.2) is 5.79 Å². The summed E-state index contributed by atoms with van der Waals surface area (Å²) >= 11 is 0. The fourth-order valence-corrected chi connectivity index (χ4v) is 3.34. The van der Waals surface area contributed by atoms with Gasteiger partial charge in [-0.05, 0) is 26.0 Å². The van der Waals surface area contributed by atoms with Gasteiger partial charge in [0, 0.05) is 0 Å². The van der Waals surface area contributed by atoms with E-state index in [1.165, 1.54) is 18.5 Å². The van der Waals surface area contributed by atoms with Gasteiger partial charge >= 0.3 is 0 Å². The van der Waals surface area contributed by atoms with Crippen molar-refractivity contribution >= 4 is 10.1 Å². The number of aromatic nitrogens is 3. The molecule has 8 nitrogen and oxygen atoms in total. The summed E-state index contributed by atoms with van der Waals surface area (Å²) in [5.74, 6) is -0.894. The molecule has 1 aliphatic heterocycles.